The number of rotatable bonds is 4. The highest BCUT2D eigenvalue weighted by Crippen LogP contribution is 2.26. The Kier molecular flexibility index (Phi) is 4.27. The van der Waals surface area contributed by atoms with Gasteiger partial charge in [0.2, 0.25) is 0 Å². The van der Waals surface area contributed by atoms with Gasteiger partial charge in [-0.15, -0.1) is 0 Å². The number of hydrogen-bond acceptors (Lipinski definition) is 4. The van der Waals surface area contributed by atoms with Crippen molar-refractivity contribution in [2.24, 2.45) is 0 Å². The van der Waals surface area contributed by atoms with E-state index in [9.17, 15) is 9.59 Å². The van der Waals surface area contributed by atoms with E-state index in [4.69, 9.17) is 9.47 Å². The van der Waals surface area contributed by atoms with Crippen LogP contribution in [0.5, 0.6) is 5.75 Å². The quantitative estimate of drug-likeness (QED) is 0.622. The first kappa shape index (κ1) is 16.1. The third kappa shape index (κ3) is 3.24. The molecule has 1 fully saturated rings. The average Bonchev–Trinajstić information content (AvgIpc) is 3.12. The Morgan fingerprint density at radius 3 is 2.81 bits per heavy atom. The third-order valence-electron chi connectivity index (χ3n) is 4.31. The largest absolute Gasteiger partial charge is 0.488 e. The maximum absolute atomic E-state index is 12.5. The summed E-state index contributed by atoms with van der Waals surface area (Å²) in [6, 6.07) is 14.8. The van der Waals surface area contributed by atoms with Gasteiger partial charge in [0.15, 0.2) is 5.78 Å². The number of ether oxygens (including phenoxy) is 2. The summed E-state index contributed by atoms with van der Waals surface area (Å²) in [6.45, 7) is 1.29. The topological polar surface area (TPSA) is 55.8 Å². The van der Waals surface area contributed by atoms with E-state index in [1.807, 2.05) is 30.3 Å². The van der Waals surface area contributed by atoms with Gasteiger partial charge in [-0.25, -0.2) is 4.79 Å². The molecule has 5 heteroatoms. The van der Waals surface area contributed by atoms with Crippen molar-refractivity contribution in [1.29, 1.82) is 0 Å². The van der Waals surface area contributed by atoms with Crippen LogP contribution in [0.3, 0.4) is 0 Å². The summed E-state index contributed by atoms with van der Waals surface area (Å²) in [7, 11) is 0. The zero-order valence-corrected chi connectivity index (χ0v) is 14.1. The Balaban J connectivity index is 1.51. The van der Waals surface area contributed by atoms with Gasteiger partial charge in [0.1, 0.15) is 19.0 Å². The molecule has 0 radical (unpaired) electrons. The van der Waals surface area contributed by atoms with E-state index >= 15 is 0 Å². The second kappa shape index (κ2) is 6.88. The lowest BCUT2D eigenvalue weighted by molar-refractivity contribution is 0.104. The fraction of sp³-hybridized carbons (Fsp3) is 0.143. The van der Waals surface area contributed by atoms with Gasteiger partial charge in [-0.3, -0.25) is 9.69 Å². The van der Waals surface area contributed by atoms with Crippen LogP contribution >= 0.6 is 0 Å². The molecule has 4 rings (SSSR count). The summed E-state index contributed by atoms with van der Waals surface area (Å²) < 4.78 is 10.6. The normalized spacial score (nSPS) is 16.1. The van der Waals surface area contributed by atoms with E-state index in [0.29, 0.717) is 31.0 Å². The molecular formula is C21H17NO4. The predicted octanol–water partition coefficient (Wildman–Crippen LogP) is 3.86. The number of fused-ring (bicyclic) bond motifs is 1. The Hall–Kier alpha value is -3.34. The SMILES string of the molecule is O=C(/C=C/C1=Cc2ccccc2OC1)c1cccc(N2CCOC2=O)c1. The van der Waals surface area contributed by atoms with Crippen LogP contribution in [0.15, 0.2) is 66.3 Å². The fourth-order valence-corrected chi connectivity index (χ4v) is 2.96. The number of hydrogen-bond donors (Lipinski definition) is 0. The van der Waals surface area contributed by atoms with E-state index in [0.717, 1.165) is 16.9 Å². The number of anilines is 1. The number of benzene rings is 2. The maximum atomic E-state index is 12.5. The van der Waals surface area contributed by atoms with Crippen LogP contribution in [0, 0.1) is 0 Å². The lowest BCUT2D eigenvalue weighted by Gasteiger charge is -2.15. The van der Waals surface area contributed by atoms with Gasteiger partial charge in [-0.05, 0) is 35.9 Å². The highest BCUT2D eigenvalue weighted by molar-refractivity contribution is 6.06. The summed E-state index contributed by atoms with van der Waals surface area (Å²) in [5, 5.41) is 0. The lowest BCUT2D eigenvalue weighted by atomic mass is 10.1. The number of amides is 1. The van der Waals surface area contributed by atoms with Gasteiger partial charge in [0.25, 0.3) is 0 Å². The van der Waals surface area contributed by atoms with Crippen molar-refractivity contribution >= 4 is 23.6 Å². The monoisotopic (exact) mass is 347 g/mol. The number of carbonyl (C=O) groups excluding carboxylic acids is 2. The number of para-hydroxylation sites is 1. The molecular weight excluding hydrogens is 330 g/mol. The molecule has 0 aliphatic carbocycles. The van der Waals surface area contributed by atoms with Crippen molar-refractivity contribution < 1.29 is 19.1 Å². The van der Waals surface area contributed by atoms with Crippen LogP contribution in [0.2, 0.25) is 0 Å². The third-order valence-corrected chi connectivity index (χ3v) is 4.31. The number of cyclic esters (lactones) is 1. The number of ketones is 1. The molecule has 5 nitrogen and oxygen atoms in total. The van der Waals surface area contributed by atoms with Crippen LogP contribution in [-0.4, -0.2) is 31.6 Å². The summed E-state index contributed by atoms with van der Waals surface area (Å²) in [6.07, 6.45) is 4.94. The van der Waals surface area contributed by atoms with Gasteiger partial charge >= 0.3 is 6.09 Å². The maximum Gasteiger partial charge on any atom is 0.414 e. The molecule has 0 bridgehead atoms. The lowest BCUT2D eigenvalue weighted by Crippen LogP contribution is -2.23. The molecule has 26 heavy (non-hydrogen) atoms. The van der Waals surface area contributed by atoms with Crippen LogP contribution in [0.4, 0.5) is 10.5 Å². The van der Waals surface area contributed by atoms with Crippen molar-refractivity contribution in [3.63, 3.8) is 0 Å². The van der Waals surface area contributed by atoms with Crippen LogP contribution in [0.25, 0.3) is 6.08 Å². The fourth-order valence-electron chi connectivity index (χ4n) is 2.96. The zero-order valence-electron chi connectivity index (χ0n) is 14.1. The Morgan fingerprint density at radius 2 is 1.96 bits per heavy atom. The van der Waals surface area contributed by atoms with E-state index in [1.165, 1.54) is 11.0 Å². The zero-order chi connectivity index (χ0) is 17.9. The highest BCUT2D eigenvalue weighted by atomic mass is 16.6. The first-order valence-electron chi connectivity index (χ1n) is 8.40. The van der Waals surface area contributed by atoms with Gasteiger partial charge < -0.3 is 9.47 Å². The molecule has 2 aromatic rings. The molecule has 2 aromatic carbocycles. The van der Waals surface area contributed by atoms with Crippen molar-refractivity contribution in [3.8, 4) is 5.75 Å². The van der Waals surface area contributed by atoms with Crippen molar-refractivity contribution in [2.75, 3.05) is 24.7 Å². The number of nitrogens with zero attached hydrogens (tertiary/aromatic N) is 1. The Labute approximate surface area is 151 Å². The van der Waals surface area contributed by atoms with Gasteiger partial charge in [0, 0.05) is 16.8 Å². The van der Waals surface area contributed by atoms with Crippen LogP contribution < -0.4 is 9.64 Å². The van der Waals surface area contributed by atoms with Gasteiger partial charge in [-0.2, -0.15) is 0 Å². The van der Waals surface area contributed by atoms with Crippen molar-refractivity contribution in [1.82, 2.24) is 0 Å². The minimum atomic E-state index is -0.381. The van der Waals surface area contributed by atoms with E-state index in [1.54, 1.807) is 30.3 Å². The molecule has 2 aliphatic heterocycles. The molecule has 2 aliphatic rings. The average molecular weight is 347 g/mol. The Morgan fingerprint density at radius 1 is 1.08 bits per heavy atom. The van der Waals surface area contributed by atoms with E-state index in [2.05, 4.69) is 0 Å². The van der Waals surface area contributed by atoms with Crippen molar-refractivity contribution in [3.05, 3.63) is 77.4 Å². The molecule has 0 atom stereocenters. The molecule has 0 unspecified atom stereocenters. The predicted molar refractivity (Wildman–Crippen MR) is 98.5 cm³/mol. The van der Waals surface area contributed by atoms with Crippen molar-refractivity contribution in [2.45, 2.75) is 0 Å². The second-order valence-electron chi connectivity index (χ2n) is 6.06. The van der Waals surface area contributed by atoms with Crippen LogP contribution in [0.1, 0.15) is 15.9 Å². The van der Waals surface area contributed by atoms with E-state index < -0.39 is 0 Å². The summed E-state index contributed by atoms with van der Waals surface area (Å²) in [5.41, 5.74) is 3.12. The molecule has 1 amide bonds. The molecule has 2 heterocycles. The summed E-state index contributed by atoms with van der Waals surface area (Å²) in [4.78, 5) is 25.7. The number of allylic oxidation sites excluding steroid dienone is 1. The summed E-state index contributed by atoms with van der Waals surface area (Å²) >= 11 is 0. The molecule has 1 saturated heterocycles. The summed E-state index contributed by atoms with van der Waals surface area (Å²) in [5.74, 6) is 0.723. The molecule has 0 aromatic heterocycles. The molecule has 0 saturated carbocycles. The minimum absolute atomic E-state index is 0.126. The molecule has 0 spiro atoms. The Bertz CT molecular complexity index is 929. The minimum Gasteiger partial charge on any atom is -0.488 e. The van der Waals surface area contributed by atoms with Gasteiger partial charge in [-0.1, -0.05) is 36.4 Å². The van der Waals surface area contributed by atoms with Gasteiger partial charge in [0.05, 0.1) is 6.54 Å². The second-order valence-corrected chi connectivity index (χ2v) is 6.06. The first-order valence-corrected chi connectivity index (χ1v) is 8.40. The highest BCUT2D eigenvalue weighted by Gasteiger charge is 2.23. The molecule has 130 valence electrons. The first-order chi connectivity index (χ1) is 12.7. The number of carbonyl (C=O) groups is 2. The standard InChI is InChI=1S/C21H17NO4/c23-19(9-8-15-12-17-4-1-2-7-20(17)26-14-15)16-5-3-6-18(13-16)22-10-11-25-21(22)24/h1-9,12-13H,10-11,14H2/b9-8+. The smallest absolute Gasteiger partial charge is 0.414 e. The van der Waals surface area contributed by atoms with Crippen LogP contribution in [-0.2, 0) is 4.74 Å². The van der Waals surface area contributed by atoms with E-state index in [-0.39, 0.29) is 11.9 Å². The molecule has 0 N–H and O–H groups in total.